The fourth-order valence-electron chi connectivity index (χ4n) is 4.25. The van der Waals surface area contributed by atoms with Crippen LogP contribution in [0.1, 0.15) is 36.5 Å². The van der Waals surface area contributed by atoms with Crippen molar-refractivity contribution in [2.75, 3.05) is 20.4 Å². The summed E-state index contributed by atoms with van der Waals surface area (Å²) in [5.41, 5.74) is 2.69. The van der Waals surface area contributed by atoms with Crippen LogP contribution in [0.3, 0.4) is 0 Å². The van der Waals surface area contributed by atoms with Gasteiger partial charge in [-0.05, 0) is 67.5 Å². The molecule has 3 rings (SSSR count). The second kappa shape index (κ2) is 14.4. The molecule has 0 aliphatic heterocycles. The summed E-state index contributed by atoms with van der Waals surface area (Å²) in [5.74, 6) is 0.381. The zero-order valence-electron chi connectivity index (χ0n) is 21.8. The molecule has 1 aromatic heterocycles. The van der Waals surface area contributed by atoms with Crippen molar-refractivity contribution >= 4 is 5.78 Å². The summed E-state index contributed by atoms with van der Waals surface area (Å²) < 4.78 is 10.7. The number of aromatic hydroxyl groups is 2. The second-order valence-electron chi connectivity index (χ2n) is 9.55. The van der Waals surface area contributed by atoms with Crippen LogP contribution in [0.5, 0.6) is 23.0 Å². The van der Waals surface area contributed by atoms with Gasteiger partial charge in [0, 0.05) is 19.4 Å². The number of phenols is 2. The molecule has 1 heterocycles. The number of aliphatic hydroxyl groups excluding tert-OH is 2. The highest BCUT2D eigenvalue weighted by Crippen LogP contribution is 2.30. The Kier molecular flexibility index (Phi) is 11.0. The highest BCUT2D eigenvalue weighted by molar-refractivity contribution is 5.79. The number of benzene rings is 2. The number of hydrogen-bond donors (Lipinski definition) is 5. The van der Waals surface area contributed by atoms with Gasteiger partial charge < -0.3 is 34.9 Å². The smallest absolute Gasteiger partial charge is 0.163 e. The average Bonchev–Trinajstić information content (AvgIpc) is 3.40. The number of aliphatic hydroxyl groups is 2. The molecule has 0 saturated heterocycles. The Labute approximate surface area is 223 Å². The van der Waals surface area contributed by atoms with E-state index in [2.05, 4.69) is 10.3 Å². The fraction of sp³-hybridized carbons (Fsp3) is 0.414. The van der Waals surface area contributed by atoms with Crippen LogP contribution in [-0.4, -0.2) is 58.8 Å². The number of hydrogen-bond acceptors (Lipinski definition) is 8. The molecule has 0 bridgehead atoms. The van der Waals surface area contributed by atoms with Crippen molar-refractivity contribution in [2.24, 2.45) is 5.92 Å². The Morgan fingerprint density at radius 3 is 2.34 bits per heavy atom. The lowest BCUT2D eigenvalue weighted by Crippen LogP contribution is -2.28. The molecule has 3 aromatic rings. The average molecular weight is 526 g/mol. The van der Waals surface area contributed by atoms with Crippen LogP contribution < -0.4 is 19.8 Å². The number of phenolic OH excluding ortho intramolecular Hbond substituents is 2. The van der Waals surface area contributed by atoms with Crippen LogP contribution >= 0.6 is 0 Å². The first kappa shape index (κ1) is 29.0. The molecule has 0 amide bonds. The fourth-order valence-corrected chi connectivity index (χ4v) is 4.25. The lowest BCUT2D eigenvalue weighted by molar-refractivity contribution is -0.121. The minimum atomic E-state index is -0.865. The van der Waals surface area contributed by atoms with Gasteiger partial charge in [0.05, 0.1) is 19.3 Å². The van der Waals surface area contributed by atoms with E-state index in [-0.39, 0.29) is 42.8 Å². The third-order valence-electron chi connectivity index (χ3n) is 6.32. The van der Waals surface area contributed by atoms with Gasteiger partial charge >= 0.3 is 0 Å². The minimum Gasteiger partial charge on any atom is -0.670 e. The number of nitrogens with one attached hydrogen (secondary N) is 1. The van der Waals surface area contributed by atoms with Gasteiger partial charge in [0.15, 0.2) is 23.0 Å². The standard InChI is InChI=1S/C29H37N2O7/c1-19(32)16-31-18-38-29-13-20(4-7-26(29)35)3-6-24(33)15-27(36)23(12-22-9-10-30-17-22)11-21-5-8-25(34)28(14-21)37-2/h4-5,7-10,13-14,17,19,23,27,31-32,34-36H,3,6,11-12,15-16,18H2,1-2H3/q-1. The SMILES string of the molecule is COc1cc(CC(Cc2cc[n-]c2)C(O)CC(=O)CCc2ccc(O)c(OCNCC(C)O)c2)ccc1O. The molecular weight excluding hydrogens is 488 g/mol. The minimum absolute atomic E-state index is 0.00921. The van der Waals surface area contributed by atoms with E-state index in [1.807, 2.05) is 6.07 Å². The second-order valence-corrected chi connectivity index (χ2v) is 9.55. The van der Waals surface area contributed by atoms with E-state index in [0.717, 1.165) is 16.7 Å². The van der Waals surface area contributed by atoms with Crippen LogP contribution in [0.15, 0.2) is 54.9 Å². The van der Waals surface area contributed by atoms with Crippen molar-refractivity contribution < 1.29 is 34.7 Å². The Hall–Kier alpha value is -3.53. The van der Waals surface area contributed by atoms with E-state index >= 15 is 0 Å². The highest BCUT2D eigenvalue weighted by Gasteiger charge is 2.23. The number of Topliss-reactive ketones (excluding diaryl/α,β-unsaturated/α-hetero) is 1. The monoisotopic (exact) mass is 525 g/mol. The molecule has 0 aliphatic carbocycles. The van der Waals surface area contributed by atoms with Crippen molar-refractivity contribution in [3.8, 4) is 23.0 Å². The summed E-state index contributed by atoms with van der Waals surface area (Å²) in [6, 6.07) is 11.9. The van der Waals surface area contributed by atoms with Crippen molar-refractivity contribution in [1.82, 2.24) is 10.3 Å². The molecule has 0 aliphatic rings. The zero-order valence-corrected chi connectivity index (χ0v) is 21.8. The Morgan fingerprint density at radius 1 is 0.974 bits per heavy atom. The maximum absolute atomic E-state index is 12.8. The highest BCUT2D eigenvalue weighted by atomic mass is 16.5. The molecule has 2 aromatic carbocycles. The van der Waals surface area contributed by atoms with Gasteiger partial charge in [0.2, 0.25) is 0 Å². The molecule has 0 spiro atoms. The van der Waals surface area contributed by atoms with Crippen molar-refractivity contribution in [1.29, 1.82) is 0 Å². The molecule has 0 saturated carbocycles. The van der Waals surface area contributed by atoms with Crippen molar-refractivity contribution in [3.63, 3.8) is 0 Å². The lowest BCUT2D eigenvalue weighted by atomic mass is 9.86. The number of aryl methyl sites for hydroxylation is 1. The molecule has 38 heavy (non-hydrogen) atoms. The number of ether oxygens (including phenoxy) is 2. The first-order chi connectivity index (χ1) is 18.2. The van der Waals surface area contributed by atoms with Gasteiger partial charge in [0.25, 0.3) is 0 Å². The van der Waals surface area contributed by atoms with E-state index in [0.29, 0.717) is 37.3 Å². The number of rotatable bonds is 16. The molecule has 0 fully saturated rings. The van der Waals surface area contributed by atoms with E-state index < -0.39 is 12.2 Å². The quantitative estimate of drug-likeness (QED) is 0.141. The van der Waals surface area contributed by atoms with Gasteiger partial charge in [-0.1, -0.05) is 23.8 Å². The van der Waals surface area contributed by atoms with E-state index in [9.17, 15) is 25.2 Å². The Morgan fingerprint density at radius 2 is 1.66 bits per heavy atom. The molecule has 3 unspecified atom stereocenters. The van der Waals surface area contributed by atoms with Crippen molar-refractivity contribution in [3.05, 3.63) is 71.5 Å². The number of ketones is 1. The lowest BCUT2D eigenvalue weighted by Gasteiger charge is -2.23. The molecular formula is C29H37N2O7-. The largest absolute Gasteiger partial charge is 0.670 e. The Balaban J connectivity index is 1.58. The number of carbonyl (C=O) groups excluding carboxylic acids is 1. The number of nitrogens with zero attached hydrogens (tertiary/aromatic N) is 1. The van der Waals surface area contributed by atoms with E-state index in [4.69, 9.17) is 9.47 Å². The zero-order chi connectivity index (χ0) is 27.5. The van der Waals surface area contributed by atoms with Crippen LogP contribution in [-0.2, 0) is 24.1 Å². The van der Waals surface area contributed by atoms with Crippen LogP contribution in [0.4, 0.5) is 0 Å². The van der Waals surface area contributed by atoms with Gasteiger partial charge in [-0.25, -0.2) is 0 Å². The normalized spacial score (nSPS) is 13.6. The molecule has 5 N–H and O–H groups in total. The van der Waals surface area contributed by atoms with Gasteiger partial charge in [-0.3, -0.25) is 10.1 Å². The number of methoxy groups -OCH3 is 1. The summed E-state index contributed by atoms with van der Waals surface area (Å²) in [7, 11) is 1.48. The Bertz CT molecular complexity index is 1150. The van der Waals surface area contributed by atoms with Gasteiger partial charge in [-0.15, -0.1) is 0 Å². The van der Waals surface area contributed by atoms with E-state index in [1.165, 1.54) is 13.2 Å². The summed E-state index contributed by atoms with van der Waals surface area (Å²) in [6.45, 7) is 2.14. The van der Waals surface area contributed by atoms with E-state index in [1.54, 1.807) is 49.6 Å². The predicted octanol–water partition coefficient (Wildman–Crippen LogP) is 2.72. The summed E-state index contributed by atoms with van der Waals surface area (Å²) >= 11 is 0. The first-order valence-corrected chi connectivity index (χ1v) is 12.7. The maximum atomic E-state index is 12.8. The predicted molar refractivity (Wildman–Crippen MR) is 143 cm³/mol. The van der Waals surface area contributed by atoms with Crippen molar-refractivity contribution in [2.45, 2.75) is 51.2 Å². The summed E-state index contributed by atoms with van der Waals surface area (Å²) in [4.78, 5) is 16.9. The van der Waals surface area contributed by atoms with Crippen LogP contribution in [0.25, 0.3) is 0 Å². The maximum Gasteiger partial charge on any atom is 0.163 e. The third-order valence-corrected chi connectivity index (χ3v) is 6.32. The molecule has 0 radical (unpaired) electrons. The topological polar surface area (TPSA) is 143 Å². The number of carbonyl (C=O) groups is 1. The first-order valence-electron chi connectivity index (χ1n) is 12.7. The van der Waals surface area contributed by atoms with Crippen LogP contribution in [0.2, 0.25) is 0 Å². The summed E-state index contributed by atoms with van der Waals surface area (Å²) in [5, 5.41) is 43.2. The molecule has 9 nitrogen and oxygen atoms in total. The molecule has 9 heteroatoms. The molecule has 206 valence electrons. The van der Waals surface area contributed by atoms with Crippen LogP contribution in [0, 0.1) is 5.92 Å². The third kappa shape index (κ3) is 9.09. The molecule has 3 atom stereocenters. The summed E-state index contributed by atoms with van der Waals surface area (Å²) in [6.07, 6.45) is 3.82. The number of aromatic nitrogens is 1. The van der Waals surface area contributed by atoms with Gasteiger partial charge in [0.1, 0.15) is 12.5 Å². The van der Waals surface area contributed by atoms with Gasteiger partial charge in [-0.2, -0.15) is 12.4 Å².